The van der Waals surface area contributed by atoms with Gasteiger partial charge in [0.05, 0.1) is 11.3 Å². The Morgan fingerprint density at radius 3 is 2.94 bits per heavy atom. The molecule has 31 heavy (non-hydrogen) atoms. The van der Waals surface area contributed by atoms with Crippen LogP contribution in [-0.2, 0) is 6.42 Å². The molecule has 3 aromatic rings. The molecule has 0 atom stereocenters. The number of pyridine rings is 1. The molecule has 0 aliphatic carbocycles. The lowest BCUT2D eigenvalue weighted by Gasteiger charge is -2.18. The zero-order valence-electron chi connectivity index (χ0n) is 17.2. The van der Waals surface area contributed by atoms with Crippen LogP contribution in [0.5, 0.6) is 0 Å². The maximum atomic E-state index is 13.4. The van der Waals surface area contributed by atoms with Crippen LogP contribution in [0.3, 0.4) is 0 Å². The Labute approximate surface area is 180 Å². The summed E-state index contributed by atoms with van der Waals surface area (Å²) in [7, 11) is 1.74. The summed E-state index contributed by atoms with van der Waals surface area (Å²) in [4.78, 5) is 17.9. The number of aryl methyl sites for hydroxylation is 1. The number of H-pyrrole nitrogens is 1. The Kier molecular flexibility index (Phi) is 7.54. The molecule has 2 amide bonds. The molecule has 0 aliphatic rings. The van der Waals surface area contributed by atoms with Crippen molar-refractivity contribution in [3.05, 3.63) is 65.7 Å². The normalized spacial score (nSPS) is 10.4. The number of nitriles is 1. The number of carbonyl (C=O) groups excluding carboxylic acids is 1. The highest BCUT2D eigenvalue weighted by Gasteiger charge is 2.09. The SMILES string of the molecule is CN(CCCc1cc(-c2cccc(F)c2)n[nH]1)C(=O)NCCNc1ncccc1C#N. The van der Waals surface area contributed by atoms with E-state index in [1.54, 1.807) is 36.3 Å². The molecule has 0 spiro atoms. The summed E-state index contributed by atoms with van der Waals surface area (Å²) in [5, 5.41) is 22.1. The van der Waals surface area contributed by atoms with E-state index < -0.39 is 0 Å². The van der Waals surface area contributed by atoms with Gasteiger partial charge in [0.25, 0.3) is 0 Å². The number of anilines is 1. The number of hydrogen-bond donors (Lipinski definition) is 3. The molecule has 3 rings (SSSR count). The first-order valence-electron chi connectivity index (χ1n) is 9.95. The van der Waals surface area contributed by atoms with E-state index in [2.05, 4.69) is 31.9 Å². The fourth-order valence-corrected chi connectivity index (χ4v) is 3.02. The van der Waals surface area contributed by atoms with Crippen LogP contribution in [0.4, 0.5) is 15.0 Å². The second-order valence-corrected chi connectivity index (χ2v) is 6.98. The van der Waals surface area contributed by atoms with Crippen LogP contribution in [0.2, 0.25) is 0 Å². The van der Waals surface area contributed by atoms with E-state index in [0.717, 1.165) is 24.1 Å². The summed E-state index contributed by atoms with van der Waals surface area (Å²) >= 11 is 0. The predicted molar refractivity (Wildman–Crippen MR) is 116 cm³/mol. The maximum Gasteiger partial charge on any atom is 0.317 e. The molecule has 0 fully saturated rings. The first-order valence-corrected chi connectivity index (χ1v) is 9.95. The third-order valence-electron chi connectivity index (χ3n) is 4.66. The van der Waals surface area contributed by atoms with Gasteiger partial charge >= 0.3 is 6.03 Å². The van der Waals surface area contributed by atoms with Crippen molar-refractivity contribution in [2.75, 3.05) is 32.0 Å². The van der Waals surface area contributed by atoms with Gasteiger partial charge < -0.3 is 15.5 Å². The van der Waals surface area contributed by atoms with Crippen molar-refractivity contribution in [2.45, 2.75) is 12.8 Å². The summed E-state index contributed by atoms with van der Waals surface area (Å²) in [6.07, 6.45) is 3.08. The van der Waals surface area contributed by atoms with Gasteiger partial charge in [-0.3, -0.25) is 5.10 Å². The molecule has 1 aromatic carbocycles. The molecule has 0 saturated heterocycles. The topological polar surface area (TPSA) is 110 Å². The van der Waals surface area contributed by atoms with E-state index in [4.69, 9.17) is 5.26 Å². The third kappa shape index (κ3) is 6.27. The standard InChI is InChI=1S/C22H24FN7O/c1-30(22(31)27-11-10-26-21-17(15-24)6-3-9-25-21)12-4-8-19-14-20(29-28-19)16-5-2-7-18(23)13-16/h2-3,5-7,9,13-14H,4,8,10-12H2,1H3,(H,25,26)(H,27,31)(H,28,29). The van der Waals surface area contributed by atoms with Gasteiger partial charge in [0, 0.05) is 44.1 Å². The first kappa shape index (κ1) is 21.8. The predicted octanol–water partition coefficient (Wildman–Crippen LogP) is 3.17. The minimum absolute atomic E-state index is 0.173. The number of benzene rings is 1. The summed E-state index contributed by atoms with van der Waals surface area (Å²) in [6.45, 7) is 1.44. The zero-order chi connectivity index (χ0) is 22.1. The summed E-state index contributed by atoms with van der Waals surface area (Å²) < 4.78 is 13.4. The number of nitrogens with one attached hydrogen (secondary N) is 3. The van der Waals surface area contributed by atoms with Gasteiger partial charge in [-0.25, -0.2) is 14.2 Å². The number of hydrogen-bond acceptors (Lipinski definition) is 5. The molecule has 2 heterocycles. The van der Waals surface area contributed by atoms with Gasteiger partial charge in [-0.1, -0.05) is 12.1 Å². The average Bonchev–Trinajstić information content (AvgIpc) is 3.25. The van der Waals surface area contributed by atoms with Gasteiger partial charge in [0.1, 0.15) is 17.7 Å². The average molecular weight is 421 g/mol. The molecule has 0 radical (unpaired) electrons. The van der Waals surface area contributed by atoms with Crippen molar-refractivity contribution < 1.29 is 9.18 Å². The second-order valence-electron chi connectivity index (χ2n) is 6.98. The van der Waals surface area contributed by atoms with Crippen molar-refractivity contribution in [3.8, 4) is 17.3 Å². The highest BCUT2D eigenvalue weighted by Crippen LogP contribution is 2.19. The minimum atomic E-state index is -0.296. The number of amides is 2. The van der Waals surface area contributed by atoms with E-state index in [-0.39, 0.29) is 11.8 Å². The Balaban J connectivity index is 1.36. The van der Waals surface area contributed by atoms with E-state index in [1.165, 1.54) is 12.1 Å². The molecule has 8 nitrogen and oxygen atoms in total. The second kappa shape index (κ2) is 10.7. The minimum Gasteiger partial charge on any atom is -0.367 e. The zero-order valence-corrected chi connectivity index (χ0v) is 17.2. The maximum absolute atomic E-state index is 13.4. The molecule has 0 bridgehead atoms. The van der Waals surface area contributed by atoms with Crippen molar-refractivity contribution in [1.82, 2.24) is 25.4 Å². The number of aromatic nitrogens is 3. The Hall–Kier alpha value is -3.93. The summed E-state index contributed by atoms with van der Waals surface area (Å²) in [5.74, 6) is 0.209. The lowest BCUT2D eigenvalue weighted by Crippen LogP contribution is -2.40. The molecule has 0 aliphatic heterocycles. The number of carbonyl (C=O) groups is 1. The highest BCUT2D eigenvalue weighted by atomic mass is 19.1. The van der Waals surface area contributed by atoms with Crippen LogP contribution in [0.25, 0.3) is 11.3 Å². The van der Waals surface area contributed by atoms with Crippen LogP contribution >= 0.6 is 0 Å². The first-order chi connectivity index (χ1) is 15.1. The van der Waals surface area contributed by atoms with Gasteiger partial charge in [-0.05, 0) is 43.2 Å². The lowest BCUT2D eigenvalue weighted by molar-refractivity contribution is 0.208. The smallest absolute Gasteiger partial charge is 0.317 e. The largest absolute Gasteiger partial charge is 0.367 e. The fraction of sp³-hybridized carbons (Fsp3) is 0.273. The molecule has 3 N–H and O–H groups in total. The molecule has 0 saturated carbocycles. The number of urea groups is 1. The fourth-order valence-electron chi connectivity index (χ4n) is 3.02. The van der Waals surface area contributed by atoms with E-state index >= 15 is 0 Å². The van der Waals surface area contributed by atoms with Crippen molar-refractivity contribution in [1.29, 1.82) is 5.26 Å². The number of aromatic amines is 1. The van der Waals surface area contributed by atoms with Gasteiger partial charge in [-0.2, -0.15) is 10.4 Å². The number of rotatable bonds is 9. The molecule has 0 unspecified atom stereocenters. The lowest BCUT2D eigenvalue weighted by atomic mass is 10.1. The van der Waals surface area contributed by atoms with Crippen LogP contribution < -0.4 is 10.6 Å². The van der Waals surface area contributed by atoms with Crippen molar-refractivity contribution in [3.63, 3.8) is 0 Å². The Morgan fingerprint density at radius 1 is 1.26 bits per heavy atom. The van der Waals surface area contributed by atoms with E-state index in [1.807, 2.05) is 12.1 Å². The van der Waals surface area contributed by atoms with E-state index in [9.17, 15) is 9.18 Å². The monoisotopic (exact) mass is 421 g/mol. The third-order valence-corrected chi connectivity index (χ3v) is 4.66. The van der Waals surface area contributed by atoms with E-state index in [0.29, 0.717) is 36.7 Å². The number of halogens is 1. The molecular weight excluding hydrogens is 397 g/mol. The van der Waals surface area contributed by atoms with Crippen LogP contribution in [-0.4, -0.2) is 52.8 Å². The highest BCUT2D eigenvalue weighted by molar-refractivity contribution is 5.73. The van der Waals surface area contributed by atoms with Crippen molar-refractivity contribution >= 4 is 11.8 Å². The molecular formula is C22H24FN7O. The van der Waals surface area contributed by atoms with Crippen LogP contribution in [0.15, 0.2) is 48.7 Å². The van der Waals surface area contributed by atoms with Gasteiger partial charge in [0.15, 0.2) is 0 Å². The van der Waals surface area contributed by atoms with Crippen molar-refractivity contribution in [2.24, 2.45) is 0 Å². The van der Waals surface area contributed by atoms with Crippen LogP contribution in [0, 0.1) is 17.1 Å². The summed E-state index contributed by atoms with van der Waals surface area (Å²) in [5.41, 5.74) is 2.81. The molecule has 9 heteroatoms. The number of nitrogens with zero attached hydrogens (tertiary/aromatic N) is 4. The Morgan fingerprint density at radius 2 is 2.13 bits per heavy atom. The summed E-state index contributed by atoms with van der Waals surface area (Å²) in [6, 6.07) is 13.5. The Bertz CT molecular complexity index is 1060. The van der Waals surface area contributed by atoms with Gasteiger partial charge in [-0.15, -0.1) is 0 Å². The quantitative estimate of drug-likeness (QED) is 0.460. The van der Waals surface area contributed by atoms with Crippen LogP contribution in [0.1, 0.15) is 17.7 Å². The molecule has 2 aromatic heterocycles. The molecule has 160 valence electrons. The van der Waals surface area contributed by atoms with Gasteiger partial charge in [0.2, 0.25) is 0 Å².